The summed E-state index contributed by atoms with van der Waals surface area (Å²) in [6, 6.07) is 0. The summed E-state index contributed by atoms with van der Waals surface area (Å²) in [6.45, 7) is 4.11. The molecule has 0 aromatic carbocycles. The average molecular weight is 570 g/mol. The molecule has 224 valence electrons. The first-order valence-electron chi connectivity index (χ1n) is 14.0. The summed E-state index contributed by atoms with van der Waals surface area (Å²) in [5.74, 6) is -0.530. The minimum Gasteiger partial charge on any atom is -0.756 e. The number of nitrogens with zero attached hydrogens (tertiary/aromatic N) is 1. The van der Waals surface area contributed by atoms with Gasteiger partial charge in [-0.05, 0) is 51.4 Å². The summed E-state index contributed by atoms with van der Waals surface area (Å²) in [5, 5.41) is 0. The molecule has 0 aliphatic rings. The summed E-state index contributed by atoms with van der Waals surface area (Å²) in [7, 11) is 1.30. The van der Waals surface area contributed by atoms with Crippen LogP contribution in [-0.2, 0) is 27.9 Å². The molecule has 8 nitrogen and oxygen atoms in total. The van der Waals surface area contributed by atoms with Crippen LogP contribution in [0.15, 0.2) is 60.8 Å². The SMILES string of the molecule is CC/C=C\C/C=C\C/C=C\C/C=C\C/C=C\CCCCOCC(COP(=O)([O-])OCC[N+](C)(C)C)OC(C)=O. The predicted molar refractivity (Wildman–Crippen MR) is 157 cm³/mol. The zero-order valence-electron chi connectivity index (χ0n) is 24.8. The van der Waals surface area contributed by atoms with E-state index in [2.05, 4.69) is 67.7 Å². The topological polar surface area (TPSA) is 94.1 Å². The average Bonchev–Trinajstić information content (AvgIpc) is 2.84. The van der Waals surface area contributed by atoms with Crippen molar-refractivity contribution >= 4 is 13.8 Å². The molecule has 0 heterocycles. The van der Waals surface area contributed by atoms with Crippen molar-refractivity contribution < 1.29 is 37.3 Å². The molecule has 0 saturated heterocycles. The molecular formula is C30H52NO7P. The molecule has 0 N–H and O–H groups in total. The van der Waals surface area contributed by atoms with Gasteiger partial charge in [0.2, 0.25) is 0 Å². The quantitative estimate of drug-likeness (QED) is 0.0458. The second-order valence-corrected chi connectivity index (χ2v) is 11.5. The van der Waals surface area contributed by atoms with Gasteiger partial charge in [-0.15, -0.1) is 0 Å². The molecule has 0 bridgehead atoms. The molecule has 2 atom stereocenters. The molecule has 0 aromatic heterocycles. The van der Waals surface area contributed by atoms with Crippen molar-refractivity contribution in [1.82, 2.24) is 0 Å². The molecule has 0 aliphatic heterocycles. The van der Waals surface area contributed by atoms with Crippen LogP contribution in [0.2, 0.25) is 0 Å². The highest BCUT2D eigenvalue weighted by Gasteiger charge is 2.19. The monoisotopic (exact) mass is 569 g/mol. The summed E-state index contributed by atoms with van der Waals surface area (Å²) in [5.41, 5.74) is 0. The van der Waals surface area contributed by atoms with Crippen LogP contribution in [0.4, 0.5) is 0 Å². The number of phosphoric acid groups is 1. The van der Waals surface area contributed by atoms with Crippen LogP contribution < -0.4 is 4.89 Å². The van der Waals surface area contributed by atoms with Crippen molar-refractivity contribution in [1.29, 1.82) is 0 Å². The Bertz CT molecular complexity index is 813. The number of hydrogen-bond acceptors (Lipinski definition) is 7. The first-order chi connectivity index (χ1) is 18.6. The van der Waals surface area contributed by atoms with E-state index in [1.165, 1.54) is 6.92 Å². The first-order valence-corrected chi connectivity index (χ1v) is 15.4. The van der Waals surface area contributed by atoms with E-state index in [0.717, 1.165) is 51.4 Å². The van der Waals surface area contributed by atoms with Crippen LogP contribution in [0.3, 0.4) is 0 Å². The number of unbranched alkanes of at least 4 members (excludes halogenated alkanes) is 2. The van der Waals surface area contributed by atoms with Gasteiger partial charge in [-0.25, -0.2) is 0 Å². The third kappa shape index (κ3) is 29.0. The Balaban J connectivity index is 3.94. The molecular weight excluding hydrogens is 517 g/mol. The molecule has 0 aliphatic carbocycles. The third-order valence-corrected chi connectivity index (χ3v) is 6.10. The van der Waals surface area contributed by atoms with E-state index >= 15 is 0 Å². The highest BCUT2D eigenvalue weighted by Crippen LogP contribution is 2.38. The number of ether oxygens (including phenoxy) is 2. The van der Waals surface area contributed by atoms with Crippen LogP contribution >= 0.6 is 7.82 Å². The maximum atomic E-state index is 11.9. The fourth-order valence-electron chi connectivity index (χ4n) is 3.04. The van der Waals surface area contributed by atoms with Gasteiger partial charge in [0.05, 0.1) is 34.4 Å². The zero-order chi connectivity index (χ0) is 29.2. The minimum absolute atomic E-state index is 0.0108. The Morgan fingerprint density at radius 3 is 1.85 bits per heavy atom. The van der Waals surface area contributed by atoms with E-state index < -0.39 is 19.9 Å². The zero-order valence-corrected chi connectivity index (χ0v) is 25.7. The van der Waals surface area contributed by atoms with Crippen molar-refractivity contribution in [3.63, 3.8) is 0 Å². The Hall–Kier alpha value is -1.80. The highest BCUT2D eigenvalue weighted by atomic mass is 31.2. The van der Waals surface area contributed by atoms with Crippen LogP contribution in [0.25, 0.3) is 0 Å². The molecule has 9 heteroatoms. The van der Waals surface area contributed by atoms with Crippen LogP contribution in [-0.4, -0.2) is 70.7 Å². The number of hydrogen-bond donors (Lipinski definition) is 0. The second-order valence-electron chi connectivity index (χ2n) is 10.1. The maximum absolute atomic E-state index is 11.9. The van der Waals surface area contributed by atoms with E-state index in [1.807, 2.05) is 21.1 Å². The van der Waals surface area contributed by atoms with Crippen molar-refractivity contribution in [3.05, 3.63) is 60.8 Å². The van der Waals surface area contributed by atoms with Crippen LogP contribution in [0.5, 0.6) is 0 Å². The molecule has 39 heavy (non-hydrogen) atoms. The van der Waals surface area contributed by atoms with Gasteiger partial charge in [0, 0.05) is 13.5 Å². The molecule has 0 rings (SSSR count). The normalized spacial score (nSPS) is 15.3. The van der Waals surface area contributed by atoms with Crippen molar-refractivity contribution in [3.8, 4) is 0 Å². The number of likely N-dealkylation sites (N-methyl/N-ethyl adjacent to an activating group) is 1. The molecule has 0 saturated carbocycles. The van der Waals surface area contributed by atoms with Gasteiger partial charge < -0.3 is 27.9 Å². The molecule has 0 amide bonds. The summed E-state index contributed by atoms with van der Waals surface area (Å²) in [6.07, 6.45) is 28.7. The largest absolute Gasteiger partial charge is 0.756 e. The van der Waals surface area contributed by atoms with Crippen molar-refractivity contribution in [2.24, 2.45) is 0 Å². The maximum Gasteiger partial charge on any atom is 0.303 e. The minimum atomic E-state index is -4.48. The third-order valence-electron chi connectivity index (χ3n) is 5.13. The molecule has 0 fully saturated rings. The smallest absolute Gasteiger partial charge is 0.303 e. The predicted octanol–water partition coefficient (Wildman–Crippen LogP) is 6.06. The van der Waals surface area contributed by atoms with Gasteiger partial charge in [-0.3, -0.25) is 9.36 Å². The Morgan fingerprint density at radius 2 is 1.33 bits per heavy atom. The second kappa shape index (κ2) is 24.0. The molecule has 2 unspecified atom stereocenters. The van der Waals surface area contributed by atoms with Crippen molar-refractivity contribution in [2.75, 3.05) is 54.1 Å². The van der Waals surface area contributed by atoms with Gasteiger partial charge in [-0.2, -0.15) is 0 Å². The van der Waals surface area contributed by atoms with Crippen LogP contribution in [0.1, 0.15) is 65.2 Å². The van der Waals surface area contributed by atoms with Gasteiger partial charge in [0.1, 0.15) is 19.3 Å². The number of rotatable bonds is 24. The number of carbonyl (C=O) groups is 1. The van der Waals surface area contributed by atoms with Gasteiger partial charge in [-0.1, -0.05) is 67.7 Å². The summed E-state index contributed by atoms with van der Waals surface area (Å²) < 4.78 is 33.0. The van der Waals surface area contributed by atoms with Crippen LogP contribution in [0, 0.1) is 0 Å². The van der Waals surface area contributed by atoms with Gasteiger partial charge >= 0.3 is 5.97 Å². The Morgan fingerprint density at radius 1 is 0.795 bits per heavy atom. The standard InChI is InChI=1S/C30H52NO7P/c1-6-7-8-9-10-11-12-13-14-15-16-17-18-19-20-21-22-23-25-35-27-30(38-29(2)32)28-37-39(33,34)36-26-24-31(3,4)5/h7-8,10-11,13-14,16-17,19-20,30H,6,9,12,15,18,21-28H2,1-5H3/b8-7-,11-10-,14-13-,17-16-,20-19-. The van der Waals surface area contributed by atoms with E-state index in [1.54, 1.807) is 0 Å². The molecule has 0 aromatic rings. The fourth-order valence-corrected chi connectivity index (χ4v) is 3.77. The van der Waals surface area contributed by atoms with Gasteiger partial charge in [0.15, 0.2) is 0 Å². The number of quaternary nitrogens is 1. The Kier molecular flexibility index (Phi) is 22.9. The number of allylic oxidation sites excluding steroid dienone is 10. The van der Waals surface area contributed by atoms with E-state index in [4.69, 9.17) is 18.5 Å². The van der Waals surface area contributed by atoms with Crippen molar-refractivity contribution in [2.45, 2.75) is 71.3 Å². The van der Waals surface area contributed by atoms with E-state index in [9.17, 15) is 14.3 Å². The van der Waals surface area contributed by atoms with E-state index in [0.29, 0.717) is 17.6 Å². The summed E-state index contributed by atoms with van der Waals surface area (Å²) >= 11 is 0. The molecule has 0 spiro atoms. The Labute approximate surface area is 237 Å². The lowest BCUT2D eigenvalue weighted by molar-refractivity contribution is -0.870. The van der Waals surface area contributed by atoms with E-state index in [-0.39, 0.29) is 19.8 Å². The number of carbonyl (C=O) groups excluding carboxylic acids is 1. The number of phosphoric ester groups is 1. The fraction of sp³-hybridized carbons (Fsp3) is 0.633. The number of esters is 1. The lowest BCUT2D eigenvalue weighted by atomic mass is 10.2. The lowest BCUT2D eigenvalue weighted by Gasteiger charge is -2.28. The van der Waals surface area contributed by atoms with Gasteiger partial charge in [0.25, 0.3) is 7.82 Å². The molecule has 0 radical (unpaired) electrons. The highest BCUT2D eigenvalue weighted by molar-refractivity contribution is 7.45. The summed E-state index contributed by atoms with van der Waals surface area (Å²) in [4.78, 5) is 23.3. The first kappa shape index (κ1) is 37.2. The lowest BCUT2D eigenvalue weighted by Crippen LogP contribution is -2.37.